The molecular formula is C36H46N4O7S. The average Bonchev–Trinajstić information content (AvgIpc) is 3.93. The largest absolute Gasteiger partial charge is 0.491 e. The lowest BCUT2D eigenvalue weighted by atomic mass is 9.91. The summed E-state index contributed by atoms with van der Waals surface area (Å²) in [5.41, 5.74) is -0.579. The second kappa shape index (κ2) is 12.3. The van der Waals surface area contributed by atoms with Gasteiger partial charge in [-0.1, -0.05) is 44.2 Å². The molecular weight excluding hydrogens is 632 g/mol. The van der Waals surface area contributed by atoms with Gasteiger partial charge in [-0.15, -0.1) is 0 Å². The van der Waals surface area contributed by atoms with Gasteiger partial charge in [0.1, 0.15) is 23.4 Å². The van der Waals surface area contributed by atoms with Crippen LogP contribution in [0.5, 0.6) is 11.6 Å². The van der Waals surface area contributed by atoms with Crippen molar-refractivity contribution in [1.29, 1.82) is 0 Å². The molecule has 7 rings (SSSR count). The molecule has 2 aromatic rings. The number of hydrogen-bond acceptors (Lipinski definition) is 8. The van der Waals surface area contributed by atoms with E-state index in [-0.39, 0.29) is 37.1 Å². The third kappa shape index (κ3) is 6.16. The van der Waals surface area contributed by atoms with E-state index >= 15 is 0 Å². The van der Waals surface area contributed by atoms with Crippen molar-refractivity contribution in [1.82, 2.24) is 19.9 Å². The van der Waals surface area contributed by atoms with Crippen LogP contribution in [-0.2, 0) is 30.8 Å². The molecule has 1 aromatic heterocycles. The first-order valence-electron chi connectivity index (χ1n) is 17.4. The zero-order chi connectivity index (χ0) is 33.8. The molecule has 6 atom stereocenters. The molecule has 4 heterocycles. The smallest absolute Gasteiger partial charge is 0.259 e. The molecule has 1 aromatic carbocycles. The first-order valence-corrected chi connectivity index (χ1v) is 18.9. The van der Waals surface area contributed by atoms with Crippen LogP contribution in [0.25, 0.3) is 10.8 Å². The summed E-state index contributed by atoms with van der Waals surface area (Å²) in [7, 11) is -3.91. The van der Waals surface area contributed by atoms with E-state index in [1.165, 1.54) is 0 Å². The number of ether oxygens (including phenoxy) is 2. The number of hydrogen-bond donors (Lipinski definition) is 2. The maximum Gasteiger partial charge on any atom is 0.259 e. The molecule has 5 aliphatic rings. The maximum absolute atomic E-state index is 14.2. The normalized spacial score (nSPS) is 32.3. The number of nitrogens with zero attached hydrogens (tertiary/aromatic N) is 2. The third-order valence-corrected chi connectivity index (χ3v) is 13.1. The fourth-order valence-electron chi connectivity index (χ4n) is 7.67. The summed E-state index contributed by atoms with van der Waals surface area (Å²) in [4.78, 5) is 48.2. The number of aryl methyl sites for hydroxylation is 1. The molecule has 11 nitrogen and oxygen atoms in total. The zero-order valence-electron chi connectivity index (χ0n) is 28.0. The van der Waals surface area contributed by atoms with Gasteiger partial charge in [-0.2, -0.15) is 0 Å². The molecule has 0 unspecified atom stereocenters. The number of allylic oxidation sites excluding steroid dienone is 1. The number of rotatable bonds is 5. The number of aromatic nitrogens is 1. The topological polar surface area (TPSA) is 144 Å². The maximum atomic E-state index is 14.2. The number of sulfonamides is 1. The van der Waals surface area contributed by atoms with Crippen LogP contribution in [0.1, 0.15) is 84.3 Å². The van der Waals surface area contributed by atoms with Crippen molar-refractivity contribution in [3.63, 3.8) is 0 Å². The fourth-order valence-corrected chi connectivity index (χ4v) is 8.98. The quantitative estimate of drug-likeness (QED) is 0.449. The predicted molar refractivity (Wildman–Crippen MR) is 180 cm³/mol. The van der Waals surface area contributed by atoms with Crippen molar-refractivity contribution in [3.05, 3.63) is 42.1 Å². The Bertz CT molecular complexity index is 1770. The molecule has 0 radical (unpaired) electrons. The lowest BCUT2D eigenvalue weighted by molar-refractivity contribution is -0.140. The molecule has 3 amide bonds. The molecule has 258 valence electrons. The summed E-state index contributed by atoms with van der Waals surface area (Å²) < 4.78 is 40.0. The SMILES string of the molecule is C[C@@H]1CC/C=C\[C@@H]2C[C@@]2(C(=O)NS(=O)(=O)C2(C)CC2)NC(=O)[C@@H]2C[C@@H](Oc3nc4c(c5ccccc35)OCCC4)CN2C(=O)C[C@H](C)C1. The minimum absolute atomic E-state index is 0.121. The number of benzene rings is 1. The third-order valence-electron chi connectivity index (χ3n) is 11.0. The first-order chi connectivity index (χ1) is 22.9. The van der Waals surface area contributed by atoms with Crippen LogP contribution in [0.15, 0.2) is 36.4 Å². The summed E-state index contributed by atoms with van der Waals surface area (Å²) in [6, 6.07) is 6.89. The van der Waals surface area contributed by atoms with Crippen molar-refractivity contribution >= 4 is 38.5 Å². The number of pyridine rings is 1. The van der Waals surface area contributed by atoms with E-state index in [0.717, 1.165) is 54.3 Å². The Kier molecular flexibility index (Phi) is 8.44. The van der Waals surface area contributed by atoms with Crippen LogP contribution in [0.2, 0.25) is 0 Å². The van der Waals surface area contributed by atoms with Crippen molar-refractivity contribution in [2.75, 3.05) is 13.2 Å². The van der Waals surface area contributed by atoms with E-state index in [1.54, 1.807) is 11.8 Å². The number of fused-ring (bicyclic) bond motifs is 5. The van der Waals surface area contributed by atoms with Crippen LogP contribution in [0, 0.1) is 17.8 Å². The lowest BCUT2D eigenvalue weighted by Gasteiger charge is -2.28. The zero-order valence-corrected chi connectivity index (χ0v) is 28.8. The molecule has 3 fully saturated rings. The predicted octanol–water partition coefficient (Wildman–Crippen LogP) is 4.18. The van der Waals surface area contributed by atoms with E-state index in [4.69, 9.17) is 14.5 Å². The minimum atomic E-state index is -3.91. The second-order valence-corrected chi connectivity index (χ2v) is 17.2. The molecule has 12 heteroatoms. The summed E-state index contributed by atoms with van der Waals surface area (Å²) in [5.74, 6) is 0.0288. The molecule has 2 N–H and O–H groups in total. The highest BCUT2D eigenvalue weighted by atomic mass is 32.2. The number of amides is 3. The van der Waals surface area contributed by atoms with E-state index in [9.17, 15) is 22.8 Å². The van der Waals surface area contributed by atoms with Crippen LogP contribution < -0.4 is 19.5 Å². The number of carbonyl (C=O) groups is 3. The van der Waals surface area contributed by atoms with E-state index in [1.807, 2.05) is 36.4 Å². The van der Waals surface area contributed by atoms with Gasteiger partial charge in [0, 0.05) is 29.5 Å². The van der Waals surface area contributed by atoms with E-state index in [2.05, 4.69) is 23.9 Å². The van der Waals surface area contributed by atoms with Crippen LogP contribution in [0.3, 0.4) is 0 Å². The number of carbonyl (C=O) groups excluding carboxylic acids is 3. The van der Waals surface area contributed by atoms with Gasteiger partial charge in [0.05, 0.1) is 23.6 Å². The Labute approximate surface area is 282 Å². The average molecular weight is 679 g/mol. The highest BCUT2D eigenvalue weighted by Gasteiger charge is 2.63. The Morgan fingerprint density at radius 3 is 2.67 bits per heavy atom. The van der Waals surface area contributed by atoms with Gasteiger partial charge in [0.25, 0.3) is 5.91 Å². The molecule has 2 aliphatic carbocycles. The monoisotopic (exact) mass is 678 g/mol. The summed E-state index contributed by atoms with van der Waals surface area (Å²) >= 11 is 0. The van der Waals surface area contributed by atoms with Crippen molar-refractivity contribution in [2.24, 2.45) is 17.8 Å². The van der Waals surface area contributed by atoms with Gasteiger partial charge in [0.2, 0.25) is 27.7 Å². The van der Waals surface area contributed by atoms with Gasteiger partial charge >= 0.3 is 0 Å². The van der Waals surface area contributed by atoms with Crippen LogP contribution >= 0.6 is 0 Å². The molecule has 48 heavy (non-hydrogen) atoms. The van der Waals surface area contributed by atoms with E-state index < -0.39 is 44.3 Å². The Morgan fingerprint density at radius 1 is 1.12 bits per heavy atom. The Hall–Kier alpha value is -3.67. The van der Waals surface area contributed by atoms with Crippen molar-refractivity contribution in [2.45, 2.75) is 107 Å². The Morgan fingerprint density at radius 2 is 1.90 bits per heavy atom. The lowest BCUT2D eigenvalue weighted by Crippen LogP contribution is -2.57. The van der Waals surface area contributed by atoms with Crippen LogP contribution in [0.4, 0.5) is 0 Å². The fraction of sp³-hybridized carbons (Fsp3) is 0.611. The molecule has 1 saturated heterocycles. The first kappa shape index (κ1) is 32.9. The molecule has 0 bridgehead atoms. The van der Waals surface area contributed by atoms with Crippen molar-refractivity contribution < 1.29 is 32.3 Å². The van der Waals surface area contributed by atoms with Gasteiger partial charge in [-0.05, 0) is 76.2 Å². The van der Waals surface area contributed by atoms with Gasteiger partial charge in [-0.3, -0.25) is 19.1 Å². The van der Waals surface area contributed by atoms with Crippen LogP contribution in [-0.4, -0.2) is 71.6 Å². The highest BCUT2D eigenvalue weighted by molar-refractivity contribution is 7.91. The second-order valence-electron chi connectivity index (χ2n) is 15.0. The molecule has 3 aliphatic heterocycles. The minimum Gasteiger partial charge on any atom is -0.491 e. The van der Waals surface area contributed by atoms with Gasteiger partial charge in [0.15, 0.2) is 0 Å². The standard InChI is InChI=1S/C36H46N4O7S/c1-22-9-4-5-10-24-20-36(24,34(43)39-48(44,45)35(3)14-15-35)38-32(42)29-19-25(21-40(29)30(41)18-23(2)17-22)47-33-27-12-7-6-11-26(27)31-28(37-33)13-8-16-46-31/h5-7,10-12,22-25,29H,4,8-9,13-21H2,1-3H3,(H,38,42)(H,39,43)/b10-5-/t22-,23-,24-,25-,29+,36-/m1/s1. The summed E-state index contributed by atoms with van der Waals surface area (Å²) in [5, 5.41) is 4.67. The Balaban J connectivity index is 1.18. The summed E-state index contributed by atoms with van der Waals surface area (Å²) in [6.45, 7) is 6.70. The molecule has 2 saturated carbocycles. The number of nitrogens with one attached hydrogen (secondary N) is 2. The molecule has 0 spiro atoms. The van der Waals surface area contributed by atoms with Gasteiger partial charge < -0.3 is 19.7 Å². The summed E-state index contributed by atoms with van der Waals surface area (Å²) in [6.07, 6.45) is 9.41. The van der Waals surface area contributed by atoms with Gasteiger partial charge in [-0.25, -0.2) is 13.4 Å². The van der Waals surface area contributed by atoms with E-state index in [0.29, 0.717) is 37.7 Å². The highest BCUT2D eigenvalue weighted by Crippen LogP contribution is 2.48. The van der Waals surface area contributed by atoms with Crippen molar-refractivity contribution in [3.8, 4) is 11.6 Å².